The van der Waals surface area contributed by atoms with Gasteiger partial charge in [0.1, 0.15) is 23.6 Å². The highest BCUT2D eigenvalue weighted by Crippen LogP contribution is 2.92. The van der Waals surface area contributed by atoms with E-state index in [0.717, 1.165) is 61.0 Å². The lowest BCUT2D eigenvalue weighted by Gasteiger charge is -2.90. The number of unbranched alkanes of at least 4 members (excludes halogenated alkanes) is 1. The number of hydrogen-bond donors (Lipinski definition) is 4. The van der Waals surface area contributed by atoms with Gasteiger partial charge in [0.25, 0.3) is 0 Å². The monoisotopic (exact) mass is 600 g/mol. The van der Waals surface area contributed by atoms with Crippen molar-refractivity contribution in [2.45, 2.75) is 102 Å². The minimum absolute atomic E-state index is 0.0921. The van der Waals surface area contributed by atoms with Gasteiger partial charge in [-0.2, -0.15) is 0 Å². The first-order chi connectivity index (χ1) is 21.2. The van der Waals surface area contributed by atoms with Crippen molar-refractivity contribution in [3.8, 4) is 5.75 Å². The Bertz CT molecular complexity index is 1370. The first-order valence-electron chi connectivity index (χ1n) is 17.1. The summed E-state index contributed by atoms with van der Waals surface area (Å²) in [5.74, 6) is 3.32. The Morgan fingerprint density at radius 2 is 1.75 bits per heavy atom. The van der Waals surface area contributed by atoms with Crippen molar-refractivity contribution in [1.29, 1.82) is 0 Å². The van der Waals surface area contributed by atoms with E-state index in [2.05, 4.69) is 22.5 Å². The predicted molar refractivity (Wildman–Crippen MR) is 170 cm³/mol. The maximum atomic E-state index is 14.0. The molecular weight excluding hydrogens is 552 g/mol. The molecule has 8 heteroatoms. The zero-order chi connectivity index (χ0) is 30.6. The predicted octanol–water partition coefficient (Wildman–Crippen LogP) is 5.44. The van der Waals surface area contributed by atoms with E-state index in [1.165, 1.54) is 32.1 Å². The number of nitrogens with two attached hydrogens (primary N) is 1. The van der Waals surface area contributed by atoms with Crippen LogP contribution in [0.2, 0.25) is 0 Å². The molecule has 5 saturated carbocycles. The van der Waals surface area contributed by atoms with Crippen LogP contribution in [0.4, 0.5) is 5.69 Å². The summed E-state index contributed by atoms with van der Waals surface area (Å²) >= 11 is 0. The Morgan fingerprint density at radius 3 is 2.43 bits per heavy atom. The van der Waals surface area contributed by atoms with E-state index in [1.54, 1.807) is 6.07 Å². The van der Waals surface area contributed by atoms with Crippen LogP contribution in [-0.4, -0.2) is 36.3 Å². The van der Waals surface area contributed by atoms with E-state index in [4.69, 9.17) is 10.5 Å². The third kappa shape index (κ3) is 4.62. The van der Waals surface area contributed by atoms with Gasteiger partial charge in [0, 0.05) is 17.3 Å². The van der Waals surface area contributed by atoms with E-state index < -0.39 is 12.1 Å². The summed E-state index contributed by atoms with van der Waals surface area (Å²) in [6, 6.07) is 4.19. The summed E-state index contributed by atoms with van der Waals surface area (Å²) in [6.07, 6.45) is 14.8. The van der Waals surface area contributed by atoms with Crippen molar-refractivity contribution in [2.75, 3.05) is 11.9 Å². The molecule has 4 atom stereocenters. The summed E-state index contributed by atoms with van der Waals surface area (Å²) in [5.41, 5.74) is 8.36. The number of carbonyl (C=O) groups is 3. The highest BCUT2D eigenvalue weighted by atomic mass is 16.5. The van der Waals surface area contributed by atoms with Crippen molar-refractivity contribution in [1.82, 2.24) is 10.6 Å². The molecule has 8 nitrogen and oxygen atoms in total. The number of amides is 3. The molecule has 1 aliphatic heterocycles. The third-order valence-electron chi connectivity index (χ3n) is 12.4. The van der Waals surface area contributed by atoms with Gasteiger partial charge in [-0.1, -0.05) is 38.7 Å². The molecule has 44 heavy (non-hydrogen) atoms. The number of carbonyl (C=O) groups excluding carboxylic acids is 3. The van der Waals surface area contributed by atoms with Crippen LogP contribution >= 0.6 is 0 Å². The molecule has 7 rings (SSSR count). The van der Waals surface area contributed by atoms with Gasteiger partial charge < -0.3 is 26.4 Å². The molecule has 3 amide bonds. The maximum Gasteiger partial charge on any atom is 0.246 e. The molecule has 1 aromatic rings. The SMILES string of the molecule is C=C1C=C(C)c2ccc(NC(=O)C(CCCCN)NC(=O)C(CC3CCCCC3)NC(=O)C34CC5CC6CC(C3)C654)cc2O1. The molecule has 4 unspecified atom stereocenters. The van der Waals surface area contributed by atoms with Gasteiger partial charge in [0.15, 0.2) is 0 Å². The van der Waals surface area contributed by atoms with E-state index in [0.29, 0.717) is 48.9 Å². The zero-order valence-corrected chi connectivity index (χ0v) is 26.1. The van der Waals surface area contributed by atoms with Crippen LogP contribution in [0.15, 0.2) is 36.6 Å². The average Bonchev–Trinajstić information content (AvgIpc) is 2.95. The molecule has 1 spiro atoms. The Labute approximate surface area is 261 Å². The van der Waals surface area contributed by atoms with Crippen molar-refractivity contribution in [2.24, 2.45) is 40.2 Å². The van der Waals surface area contributed by atoms with Crippen LogP contribution in [0, 0.1) is 34.5 Å². The van der Waals surface area contributed by atoms with Gasteiger partial charge >= 0.3 is 0 Å². The lowest BCUT2D eigenvalue weighted by molar-refractivity contribution is -0.413. The van der Waals surface area contributed by atoms with Crippen molar-refractivity contribution in [3.63, 3.8) is 0 Å². The number of ether oxygens (including phenoxy) is 1. The molecule has 0 aromatic heterocycles. The second-order valence-corrected chi connectivity index (χ2v) is 14.7. The molecule has 0 bridgehead atoms. The van der Waals surface area contributed by atoms with Crippen molar-refractivity contribution < 1.29 is 19.1 Å². The fourth-order valence-electron chi connectivity index (χ4n) is 10.4. The van der Waals surface area contributed by atoms with E-state index in [9.17, 15) is 14.4 Å². The molecule has 0 radical (unpaired) electrons. The number of rotatable bonds is 12. The van der Waals surface area contributed by atoms with Crippen molar-refractivity contribution >= 4 is 29.0 Å². The second-order valence-electron chi connectivity index (χ2n) is 14.7. The lowest BCUT2D eigenvalue weighted by atomic mass is 9.13. The minimum atomic E-state index is -0.742. The molecule has 5 N–H and O–H groups in total. The van der Waals surface area contributed by atoms with Crippen LogP contribution < -0.4 is 26.4 Å². The normalized spacial score (nSPS) is 32.3. The van der Waals surface area contributed by atoms with Crippen LogP contribution in [0.5, 0.6) is 5.75 Å². The molecular formula is C36H48N4O4. The van der Waals surface area contributed by atoms with Gasteiger partial charge in [-0.05, 0) is 118 Å². The number of allylic oxidation sites excluding steroid dienone is 2. The summed E-state index contributed by atoms with van der Waals surface area (Å²) in [7, 11) is 0. The summed E-state index contributed by atoms with van der Waals surface area (Å²) in [5, 5.41) is 9.35. The van der Waals surface area contributed by atoms with Gasteiger partial charge in [-0.3, -0.25) is 14.4 Å². The zero-order valence-electron chi connectivity index (χ0n) is 26.1. The van der Waals surface area contributed by atoms with Gasteiger partial charge in [-0.15, -0.1) is 0 Å². The smallest absolute Gasteiger partial charge is 0.246 e. The molecule has 5 fully saturated rings. The van der Waals surface area contributed by atoms with Gasteiger partial charge in [-0.25, -0.2) is 0 Å². The minimum Gasteiger partial charge on any atom is -0.457 e. The first-order valence-corrected chi connectivity index (χ1v) is 17.1. The van der Waals surface area contributed by atoms with Crippen LogP contribution in [-0.2, 0) is 14.4 Å². The lowest BCUT2D eigenvalue weighted by Crippen LogP contribution is -2.88. The Morgan fingerprint density at radius 1 is 1.00 bits per heavy atom. The Kier molecular flexibility index (Phi) is 7.62. The van der Waals surface area contributed by atoms with Gasteiger partial charge in [0.2, 0.25) is 17.7 Å². The Balaban J connectivity index is 1.05. The average molecular weight is 601 g/mol. The van der Waals surface area contributed by atoms with E-state index >= 15 is 0 Å². The summed E-state index contributed by atoms with van der Waals surface area (Å²) in [4.78, 5) is 41.6. The van der Waals surface area contributed by atoms with Crippen LogP contribution in [0.3, 0.4) is 0 Å². The maximum absolute atomic E-state index is 14.0. The molecule has 6 aliphatic rings. The number of nitrogens with one attached hydrogen (secondary N) is 3. The second kappa shape index (κ2) is 11.3. The summed E-state index contributed by atoms with van der Waals surface area (Å²) in [6.45, 7) is 6.43. The third-order valence-corrected chi connectivity index (χ3v) is 12.4. The first kappa shape index (κ1) is 29.6. The number of benzene rings is 1. The highest BCUT2D eigenvalue weighted by Gasteiger charge is 2.89. The number of hydrogen-bond acceptors (Lipinski definition) is 5. The molecule has 236 valence electrons. The quantitative estimate of drug-likeness (QED) is 0.238. The largest absolute Gasteiger partial charge is 0.457 e. The standard InChI is InChI=1S/C36H48N4O4/c1-21-14-22(2)44-31-18-27(11-12-28(21)31)38-32(41)29(10-6-7-13-37)39-33(42)30(15-23-8-4-3-5-9-23)40-34(43)35-19-25-16-24-17-26(20-35)36(24,25)35/h11-12,14,18,23-26,29-30H,2-10,13,15-17,19-20,37H2,1H3,(H,38,41)(H,39,42)(H,40,43). The fraction of sp³-hybridized carbons (Fsp3) is 0.639. The van der Waals surface area contributed by atoms with Gasteiger partial charge in [0.05, 0.1) is 5.41 Å². The fourth-order valence-corrected chi connectivity index (χ4v) is 10.4. The van der Waals surface area contributed by atoms with Crippen LogP contribution in [0.1, 0.15) is 96.0 Å². The van der Waals surface area contributed by atoms with E-state index in [-0.39, 0.29) is 28.6 Å². The molecule has 1 aromatic carbocycles. The molecule has 0 saturated heterocycles. The molecule has 1 heterocycles. The summed E-state index contributed by atoms with van der Waals surface area (Å²) < 4.78 is 5.80. The van der Waals surface area contributed by atoms with Crippen LogP contribution in [0.25, 0.3) is 5.57 Å². The van der Waals surface area contributed by atoms with E-state index in [1.807, 2.05) is 25.1 Å². The van der Waals surface area contributed by atoms with Crippen molar-refractivity contribution in [3.05, 3.63) is 42.2 Å². The Hall–Kier alpha value is -3.13. The topological polar surface area (TPSA) is 123 Å². The number of fused-ring (bicyclic) bond motifs is 1. The molecule has 5 aliphatic carbocycles. The highest BCUT2D eigenvalue weighted by molar-refractivity contribution is 5.99. The number of anilines is 1.